The summed E-state index contributed by atoms with van der Waals surface area (Å²) < 4.78 is 34.7. The highest BCUT2D eigenvalue weighted by molar-refractivity contribution is 7.47. The van der Waals surface area contributed by atoms with Gasteiger partial charge in [0.05, 0.1) is 37.1 Å². The SMILES string of the molecule is CCCCCC/C=C\CCCCCCCCCC(=O)OC[C@@H]1COP(=O)(O)O[C@H]2[C@H](O)[C@@H](O)[C@H](O)[C@@H](CC=CCCCC(=O)O1)[C@@H](O)C[C@@H](O)[C@H](/C=C/[C@@H](O)CCCCC)[C@@H](O)[C@H]2O. The van der Waals surface area contributed by atoms with Gasteiger partial charge in [0.25, 0.3) is 0 Å². The molecule has 1 aliphatic carbocycles. The Balaban J connectivity index is 2.15. The Labute approximate surface area is 381 Å². The van der Waals surface area contributed by atoms with Gasteiger partial charge >= 0.3 is 19.8 Å². The Morgan fingerprint density at radius 3 is 2.08 bits per heavy atom. The summed E-state index contributed by atoms with van der Waals surface area (Å²) in [7, 11) is -5.43. The molecule has 372 valence electrons. The molecule has 0 aromatic rings. The number of hydrogen-bond acceptors (Lipinski definition) is 15. The zero-order chi connectivity index (χ0) is 47.3. The molecule has 13 atom stereocenters. The van der Waals surface area contributed by atoms with E-state index in [1.54, 1.807) is 12.2 Å². The van der Waals surface area contributed by atoms with E-state index in [9.17, 15) is 59.9 Å². The summed E-state index contributed by atoms with van der Waals surface area (Å²) in [4.78, 5) is 36.4. The van der Waals surface area contributed by atoms with Crippen molar-refractivity contribution in [1.82, 2.24) is 0 Å². The van der Waals surface area contributed by atoms with Gasteiger partial charge in [0, 0.05) is 31.1 Å². The summed E-state index contributed by atoms with van der Waals surface area (Å²) in [5, 5.41) is 89.9. The standard InChI is InChI=1S/C47H83O16P/c1-3-5-7-8-9-10-11-12-13-14-15-16-17-18-23-27-40(51)60-32-35-33-61-64(58,59)63-47-45(56)43(54)37(30-29-34(48)25-21-6-4-2)39(50)31-38(49)36(42(53)44(55)46(47)57)26-22-19-20-24-28-41(52)62-35/h10-11,19,22,29-30,34-39,42-50,53-57H,3-9,12-18,20-21,23-28,31-33H2,1-2H3,(H,58,59)/b11-10-,22-19?,30-29+/t34-,35+,36-,37-,38-,39+,42+,43+,44-,45+,46+,47+/m0/s1. The highest BCUT2D eigenvalue weighted by atomic mass is 31.2. The average Bonchev–Trinajstić information content (AvgIpc) is 3.26. The molecular formula is C47H83O16P. The minimum Gasteiger partial charge on any atom is -0.462 e. The number of cyclic esters (lactones) is 1. The Hall–Kier alpha value is -2.05. The second kappa shape index (κ2) is 33.4. The maximum absolute atomic E-state index is 13.5. The fourth-order valence-electron chi connectivity index (χ4n) is 7.98. The maximum Gasteiger partial charge on any atom is 0.472 e. The lowest BCUT2D eigenvalue weighted by Gasteiger charge is -2.37. The first kappa shape index (κ1) is 58.1. The van der Waals surface area contributed by atoms with Crippen LogP contribution in [0.1, 0.15) is 162 Å². The van der Waals surface area contributed by atoms with Crippen molar-refractivity contribution >= 4 is 19.8 Å². The van der Waals surface area contributed by atoms with E-state index in [0.717, 1.165) is 64.2 Å². The molecule has 64 heavy (non-hydrogen) atoms. The number of carbonyl (C=O) groups excluding carboxylic acids is 2. The number of phosphoric ester groups is 1. The average molecular weight is 935 g/mol. The van der Waals surface area contributed by atoms with E-state index < -0.39 is 112 Å². The number of esters is 2. The number of aliphatic hydroxyl groups excluding tert-OH is 8. The van der Waals surface area contributed by atoms with Gasteiger partial charge in [0.15, 0.2) is 6.10 Å². The Bertz CT molecular complexity index is 1390. The molecule has 9 N–H and O–H groups in total. The van der Waals surface area contributed by atoms with E-state index in [0.29, 0.717) is 25.7 Å². The van der Waals surface area contributed by atoms with Crippen LogP contribution in [0.4, 0.5) is 0 Å². The van der Waals surface area contributed by atoms with Crippen molar-refractivity contribution in [3.05, 3.63) is 36.5 Å². The van der Waals surface area contributed by atoms with Crippen molar-refractivity contribution in [3.63, 3.8) is 0 Å². The molecule has 0 aromatic heterocycles. The summed E-state index contributed by atoms with van der Waals surface area (Å²) in [6, 6.07) is 0. The molecule has 1 fully saturated rings. The topological polar surface area (TPSA) is 270 Å². The fraction of sp³-hybridized carbons (Fsp3) is 0.830. The quantitative estimate of drug-likeness (QED) is 0.0255. The zero-order valence-electron chi connectivity index (χ0n) is 38.4. The van der Waals surface area contributed by atoms with Crippen LogP contribution in [0.25, 0.3) is 0 Å². The third-order valence-electron chi connectivity index (χ3n) is 12.0. The van der Waals surface area contributed by atoms with E-state index >= 15 is 0 Å². The summed E-state index contributed by atoms with van der Waals surface area (Å²) in [5.41, 5.74) is 0. The van der Waals surface area contributed by atoms with Gasteiger partial charge in [-0.05, 0) is 57.8 Å². The Morgan fingerprint density at radius 1 is 0.797 bits per heavy atom. The highest BCUT2D eigenvalue weighted by Gasteiger charge is 2.49. The van der Waals surface area contributed by atoms with Gasteiger partial charge in [0.1, 0.15) is 31.0 Å². The van der Waals surface area contributed by atoms with Crippen molar-refractivity contribution in [3.8, 4) is 0 Å². The number of fused-ring (bicyclic) bond motifs is 4. The molecular weight excluding hydrogens is 851 g/mol. The fourth-order valence-corrected chi connectivity index (χ4v) is 8.96. The predicted molar refractivity (Wildman–Crippen MR) is 241 cm³/mol. The number of allylic oxidation sites excluding steroid dienone is 4. The normalized spacial score (nSPS) is 32.3. The van der Waals surface area contributed by atoms with Crippen molar-refractivity contribution in [1.29, 1.82) is 0 Å². The van der Waals surface area contributed by atoms with E-state index in [4.69, 9.17) is 18.5 Å². The van der Waals surface area contributed by atoms with Crippen molar-refractivity contribution in [2.24, 2.45) is 11.8 Å². The van der Waals surface area contributed by atoms with Gasteiger partial charge in [-0.25, -0.2) is 4.57 Å². The van der Waals surface area contributed by atoms with E-state index in [-0.39, 0.29) is 25.7 Å². The molecule has 1 unspecified atom stereocenters. The highest BCUT2D eigenvalue weighted by Crippen LogP contribution is 2.47. The summed E-state index contributed by atoms with van der Waals surface area (Å²) in [6.07, 6.45) is 8.33. The molecule has 2 bridgehead atoms. The van der Waals surface area contributed by atoms with E-state index in [2.05, 4.69) is 19.1 Å². The molecule has 0 aromatic carbocycles. The van der Waals surface area contributed by atoms with Crippen molar-refractivity contribution in [2.75, 3.05) is 13.2 Å². The lowest BCUT2D eigenvalue weighted by Crippen LogP contribution is -2.55. The van der Waals surface area contributed by atoms with Gasteiger partial charge in [-0.1, -0.05) is 121 Å². The molecule has 1 saturated carbocycles. The van der Waals surface area contributed by atoms with Crippen LogP contribution in [-0.4, -0.2) is 132 Å². The van der Waals surface area contributed by atoms with Crippen LogP contribution >= 0.6 is 7.82 Å². The summed E-state index contributed by atoms with van der Waals surface area (Å²) in [5.74, 6) is -4.02. The van der Waals surface area contributed by atoms with Crippen LogP contribution in [0.5, 0.6) is 0 Å². The first-order valence-corrected chi connectivity index (χ1v) is 25.5. The van der Waals surface area contributed by atoms with Crippen LogP contribution in [0.2, 0.25) is 0 Å². The molecule has 16 nitrogen and oxygen atoms in total. The van der Waals surface area contributed by atoms with Gasteiger partial charge in [-0.2, -0.15) is 0 Å². The Morgan fingerprint density at radius 2 is 1.41 bits per heavy atom. The van der Waals surface area contributed by atoms with Crippen LogP contribution in [0, 0.1) is 11.8 Å². The van der Waals surface area contributed by atoms with Crippen LogP contribution in [-0.2, 0) is 32.7 Å². The molecule has 1 heterocycles. The number of ether oxygens (including phenoxy) is 2. The van der Waals surface area contributed by atoms with Crippen LogP contribution in [0.3, 0.4) is 0 Å². The molecule has 0 radical (unpaired) electrons. The zero-order valence-corrected chi connectivity index (χ0v) is 39.3. The lowest BCUT2D eigenvalue weighted by atomic mass is 9.83. The van der Waals surface area contributed by atoms with Crippen LogP contribution in [0.15, 0.2) is 36.5 Å². The van der Waals surface area contributed by atoms with Gasteiger partial charge in [-0.3, -0.25) is 18.6 Å². The molecule has 1 aliphatic heterocycles. The number of phosphoric acid groups is 1. The van der Waals surface area contributed by atoms with Gasteiger partial charge in [0.2, 0.25) is 0 Å². The number of hydrogen-bond donors (Lipinski definition) is 9. The van der Waals surface area contributed by atoms with Gasteiger partial charge < -0.3 is 55.2 Å². The largest absolute Gasteiger partial charge is 0.472 e. The number of carbonyl (C=O) groups is 2. The monoisotopic (exact) mass is 935 g/mol. The predicted octanol–water partition coefficient (Wildman–Crippen LogP) is 5.77. The number of rotatable bonds is 23. The van der Waals surface area contributed by atoms with Gasteiger partial charge in [-0.15, -0.1) is 0 Å². The molecule has 2 rings (SSSR count). The molecule has 0 spiro atoms. The second-order valence-electron chi connectivity index (χ2n) is 17.6. The minimum absolute atomic E-state index is 0.0992. The second-order valence-corrected chi connectivity index (χ2v) is 19.0. The number of unbranched alkanes of at least 4 members (excludes halogenated alkanes) is 13. The molecule has 2 aliphatic rings. The third kappa shape index (κ3) is 23.6. The van der Waals surface area contributed by atoms with Crippen LogP contribution < -0.4 is 0 Å². The third-order valence-corrected chi connectivity index (χ3v) is 13.0. The number of aliphatic hydroxyl groups is 8. The van der Waals surface area contributed by atoms with Crippen molar-refractivity contribution in [2.45, 2.75) is 223 Å². The van der Waals surface area contributed by atoms with E-state index in [1.807, 2.05) is 6.92 Å². The maximum atomic E-state index is 13.5. The van der Waals surface area contributed by atoms with Crippen molar-refractivity contribution < 1.29 is 78.4 Å². The summed E-state index contributed by atoms with van der Waals surface area (Å²) >= 11 is 0. The van der Waals surface area contributed by atoms with E-state index in [1.165, 1.54) is 37.8 Å². The first-order valence-electron chi connectivity index (χ1n) is 24.0. The molecule has 0 amide bonds. The lowest BCUT2D eigenvalue weighted by molar-refractivity contribution is -0.167. The minimum atomic E-state index is -5.43. The first-order chi connectivity index (χ1) is 30.6. The summed E-state index contributed by atoms with van der Waals surface area (Å²) in [6.45, 7) is 2.81. The molecule has 0 saturated heterocycles. The molecule has 17 heteroatoms. The Kier molecular flexibility index (Phi) is 30.3. The smallest absolute Gasteiger partial charge is 0.462 e.